The average Bonchev–Trinajstić information content (AvgIpc) is 3.29. The van der Waals surface area contributed by atoms with Crippen LogP contribution in [0.2, 0.25) is 0 Å². The Balaban J connectivity index is 1.49. The summed E-state index contributed by atoms with van der Waals surface area (Å²) in [5, 5.41) is 24.1. The number of amides is 1. The van der Waals surface area contributed by atoms with Gasteiger partial charge in [-0.05, 0) is 149 Å². The number of ketones is 2. The summed E-state index contributed by atoms with van der Waals surface area (Å²) in [6.45, 7) is 12.9. The molecule has 2 bridgehead atoms. The molecule has 3 heterocycles. The summed E-state index contributed by atoms with van der Waals surface area (Å²) in [5.41, 5.74) is -0.762. The van der Waals surface area contributed by atoms with Gasteiger partial charge in [0, 0.05) is 55.6 Å². The number of esters is 1. The van der Waals surface area contributed by atoms with Crippen LogP contribution in [0.5, 0.6) is 0 Å². The Morgan fingerprint density at radius 3 is 2.28 bits per heavy atom. The van der Waals surface area contributed by atoms with Crippen LogP contribution in [-0.4, -0.2) is 129 Å². The molecule has 2 N–H and O–H groups in total. The van der Waals surface area contributed by atoms with E-state index in [1.165, 1.54) is 45.3 Å². The molecule has 15 nitrogen and oxygen atoms in total. The van der Waals surface area contributed by atoms with E-state index in [9.17, 15) is 37.8 Å². The number of benzene rings is 1. The molecule has 14 atom stereocenters. The summed E-state index contributed by atoms with van der Waals surface area (Å²) in [5.74, 6) is -5.38. The van der Waals surface area contributed by atoms with Gasteiger partial charge in [-0.3, -0.25) is 18.6 Å². The van der Waals surface area contributed by atoms with Crippen LogP contribution in [0.1, 0.15) is 105 Å². The van der Waals surface area contributed by atoms with Crippen molar-refractivity contribution in [1.29, 1.82) is 0 Å². The number of nitrogens with zero attached hydrogens (tertiary/aromatic N) is 1. The van der Waals surface area contributed by atoms with Crippen molar-refractivity contribution < 1.29 is 65.7 Å². The first kappa shape index (κ1) is 55.1. The van der Waals surface area contributed by atoms with Crippen molar-refractivity contribution in [3.8, 4) is 0 Å². The zero-order chi connectivity index (χ0) is 49.4. The third kappa shape index (κ3) is 13.5. The number of aliphatic hydroxyl groups is 2. The minimum absolute atomic E-state index is 0.00341. The van der Waals surface area contributed by atoms with Gasteiger partial charge < -0.3 is 38.8 Å². The number of aliphatic hydroxyl groups excluding tert-OH is 1. The van der Waals surface area contributed by atoms with Gasteiger partial charge in [-0.15, -0.1) is 6.58 Å². The molecule has 1 aromatic rings. The molecule has 5 rings (SSSR count). The standard InChI is InChI=1S/C50H72INO14S/c1-10-13-35-23-29(2)22-30(3)24-43(61-7)38-28-50(58,33(6)64-49(38)63-9)46(55)47(56)52-21-12-11-14-39(52)48(57)65-45(32(5)40(53)27-41(35)54)31(4)25-34-15-20-42(44(26-34)62-8)66-67(59,60)37-18-16-36(51)17-19-37/h10,16-19,23,25,30,32-35,38-40,42-45,49,53,58H,1,11-15,20-22,24,26-28H2,2-9H3/b29-23+,31-25?. The van der Waals surface area contributed by atoms with E-state index in [1.807, 2.05) is 26.0 Å². The zero-order valence-corrected chi connectivity index (χ0v) is 43.2. The quantitative estimate of drug-likeness (QED) is 0.0829. The molecule has 3 aliphatic heterocycles. The van der Waals surface area contributed by atoms with Crippen molar-refractivity contribution in [2.24, 2.45) is 29.6 Å². The lowest BCUT2D eigenvalue weighted by molar-refractivity contribution is -0.274. The Kier molecular flexibility index (Phi) is 20.0. The summed E-state index contributed by atoms with van der Waals surface area (Å²) in [7, 11) is 0.418. The maximum Gasteiger partial charge on any atom is 0.329 e. The van der Waals surface area contributed by atoms with Crippen LogP contribution in [0.4, 0.5) is 0 Å². The first-order valence-corrected chi connectivity index (χ1v) is 26.0. The van der Waals surface area contributed by atoms with E-state index in [4.69, 9.17) is 27.9 Å². The van der Waals surface area contributed by atoms with Crippen LogP contribution in [-0.2, 0) is 57.2 Å². The van der Waals surface area contributed by atoms with Crippen molar-refractivity contribution in [1.82, 2.24) is 4.90 Å². The van der Waals surface area contributed by atoms with Crippen LogP contribution in [0.3, 0.4) is 0 Å². The Hall–Kier alpha value is -2.88. The number of Topliss-reactive ketones (excluding diaryl/α,β-unsaturated/α-hetero) is 2. The number of hydrogen-bond donors (Lipinski definition) is 2. The van der Waals surface area contributed by atoms with E-state index in [0.29, 0.717) is 56.9 Å². The molecule has 3 fully saturated rings. The number of cyclic esters (lactones) is 1. The molecule has 374 valence electrons. The zero-order valence-electron chi connectivity index (χ0n) is 40.3. The summed E-state index contributed by atoms with van der Waals surface area (Å²) in [6.07, 6.45) is 2.68. The number of ether oxygens (including phenoxy) is 5. The predicted molar refractivity (Wildman–Crippen MR) is 258 cm³/mol. The molecule has 1 aliphatic carbocycles. The second-order valence-electron chi connectivity index (χ2n) is 19.2. The topological polar surface area (TPSA) is 201 Å². The smallest absolute Gasteiger partial charge is 0.329 e. The van der Waals surface area contributed by atoms with Crippen LogP contribution in [0.25, 0.3) is 0 Å². The van der Waals surface area contributed by atoms with Crippen molar-refractivity contribution in [3.63, 3.8) is 0 Å². The molecular weight excluding hydrogens is 998 g/mol. The van der Waals surface area contributed by atoms with E-state index in [1.54, 1.807) is 32.1 Å². The van der Waals surface area contributed by atoms with Gasteiger partial charge in [0.1, 0.15) is 24.0 Å². The molecule has 4 aliphatic rings. The fourth-order valence-electron chi connectivity index (χ4n) is 10.4. The Labute approximate surface area is 410 Å². The van der Waals surface area contributed by atoms with Gasteiger partial charge in [-0.2, -0.15) is 8.42 Å². The summed E-state index contributed by atoms with van der Waals surface area (Å²) in [6, 6.07) is 5.19. The summed E-state index contributed by atoms with van der Waals surface area (Å²) < 4.78 is 63.1. The third-order valence-corrected chi connectivity index (χ3v) is 16.3. The third-order valence-electron chi connectivity index (χ3n) is 14.3. The van der Waals surface area contributed by atoms with Crippen LogP contribution in [0, 0.1) is 33.2 Å². The lowest BCUT2D eigenvalue weighted by Gasteiger charge is -2.47. The fourth-order valence-corrected chi connectivity index (χ4v) is 11.9. The van der Waals surface area contributed by atoms with E-state index >= 15 is 0 Å². The van der Waals surface area contributed by atoms with E-state index in [0.717, 1.165) is 9.14 Å². The van der Waals surface area contributed by atoms with Crippen LogP contribution < -0.4 is 0 Å². The van der Waals surface area contributed by atoms with Gasteiger partial charge in [0.05, 0.1) is 29.3 Å². The Bertz CT molecular complexity index is 2080. The minimum atomic E-state index is -4.09. The van der Waals surface area contributed by atoms with Gasteiger partial charge in [-0.1, -0.05) is 37.6 Å². The Morgan fingerprint density at radius 2 is 1.64 bits per heavy atom. The molecule has 1 aromatic carbocycles. The number of carbonyl (C=O) groups is 4. The molecule has 67 heavy (non-hydrogen) atoms. The van der Waals surface area contributed by atoms with Crippen molar-refractivity contribution in [2.45, 2.75) is 165 Å². The van der Waals surface area contributed by atoms with Crippen molar-refractivity contribution in [2.75, 3.05) is 27.9 Å². The number of halogens is 1. The number of piperidine rings is 1. The molecule has 1 saturated carbocycles. The highest BCUT2D eigenvalue weighted by atomic mass is 127. The lowest BCUT2D eigenvalue weighted by Crippen LogP contribution is -2.64. The predicted octanol–water partition coefficient (Wildman–Crippen LogP) is 6.66. The normalized spacial score (nSPS) is 36.8. The number of hydrogen-bond acceptors (Lipinski definition) is 14. The van der Waals surface area contributed by atoms with Gasteiger partial charge >= 0.3 is 5.97 Å². The molecule has 0 radical (unpaired) electrons. The van der Waals surface area contributed by atoms with E-state index in [2.05, 4.69) is 29.2 Å². The first-order chi connectivity index (χ1) is 31.7. The van der Waals surface area contributed by atoms with Gasteiger partial charge in [0.2, 0.25) is 0 Å². The van der Waals surface area contributed by atoms with Crippen molar-refractivity contribution >= 4 is 56.2 Å². The molecule has 0 spiro atoms. The van der Waals surface area contributed by atoms with E-state index < -0.39 is 100 Å². The van der Waals surface area contributed by atoms with Crippen molar-refractivity contribution in [3.05, 3.63) is 63.8 Å². The second-order valence-corrected chi connectivity index (χ2v) is 22.0. The maximum atomic E-state index is 14.5. The minimum Gasteiger partial charge on any atom is -0.456 e. The molecular formula is C50H72INO14S. The van der Waals surface area contributed by atoms with Gasteiger partial charge in [-0.25, -0.2) is 4.79 Å². The molecule has 1 amide bonds. The molecule has 2 saturated heterocycles. The molecule has 0 aromatic heterocycles. The van der Waals surface area contributed by atoms with Crippen LogP contribution >= 0.6 is 22.6 Å². The number of allylic oxidation sites excluding steroid dienone is 4. The van der Waals surface area contributed by atoms with Gasteiger partial charge in [0.15, 0.2) is 11.9 Å². The highest BCUT2D eigenvalue weighted by Crippen LogP contribution is 2.40. The number of methoxy groups -OCH3 is 3. The fraction of sp³-hybridized carbons (Fsp3) is 0.680. The van der Waals surface area contributed by atoms with Crippen LogP contribution in [0.15, 0.2) is 65.1 Å². The Morgan fingerprint density at radius 1 is 0.955 bits per heavy atom. The summed E-state index contributed by atoms with van der Waals surface area (Å²) in [4.78, 5) is 58.6. The largest absolute Gasteiger partial charge is 0.456 e. The molecule has 14 unspecified atom stereocenters. The van der Waals surface area contributed by atoms with E-state index in [-0.39, 0.29) is 48.3 Å². The number of fused-ring (bicyclic) bond motifs is 3. The van der Waals surface area contributed by atoms with Gasteiger partial charge in [0.25, 0.3) is 21.8 Å². The average molecular weight is 1070 g/mol. The monoisotopic (exact) mass is 1070 g/mol. The SMILES string of the molecule is C=CCC1/C=C(\C)CC(C)CC(OC)C2CC(O)(C(=O)C(=O)N3CCCCC3C(=O)OC(C(C)=CC3CCC(OS(=O)(=O)c4ccc(I)cc4)C(OC)C3)C(C)C(O)CC1=O)C(C)OC2OC. The number of rotatable bonds is 10. The highest BCUT2D eigenvalue weighted by molar-refractivity contribution is 14.1. The highest BCUT2D eigenvalue weighted by Gasteiger charge is 2.56. The second kappa shape index (κ2) is 24.3. The number of carbonyl (C=O) groups excluding carboxylic acids is 4. The molecule has 17 heteroatoms. The first-order valence-electron chi connectivity index (χ1n) is 23.6. The summed E-state index contributed by atoms with van der Waals surface area (Å²) >= 11 is 2.10. The lowest BCUT2D eigenvalue weighted by atomic mass is 9.75. The maximum absolute atomic E-state index is 14.5.